The SMILES string of the molecule is COc1cccc(C(=O)N2CCN(C(=O)CCCc3cn[nH]c3)CC2)c1. The van der Waals surface area contributed by atoms with Crippen LogP contribution in [0.2, 0.25) is 0 Å². The summed E-state index contributed by atoms with van der Waals surface area (Å²) in [7, 11) is 1.58. The van der Waals surface area contributed by atoms with Gasteiger partial charge < -0.3 is 14.5 Å². The Morgan fingerprint density at radius 1 is 1.19 bits per heavy atom. The van der Waals surface area contributed by atoms with Crippen LogP contribution in [-0.2, 0) is 11.2 Å². The molecule has 1 N–H and O–H groups in total. The quantitative estimate of drug-likeness (QED) is 0.855. The number of amides is 2. The number of aryl methyl sites for hydroxylation is 1. The van der Waals surface area contributed by atoms with Crippen molar-refractivity contribution in [1.82, 2.24) is 20.0 Å². The van der Waals surface area contributed by atoms with Gasteiger partial charge in [0.25, 0.3) is 5.91 Å². The second kappa shape index (κ2) is 8.51. The Morgan fingerprint density at radius 2 is 1.96 bits per heavy atom. The molecule has 1 saturated heterocycles. The maximum Gasteiger partial charge on any atom is 0.254 e. The van der Waals surface area contributed by atoms with Gasteiger partial charge in [0.05, 0.1) is 13.3 Å². The van der Waals surface area contributed by atoms with Crippen molar-refractivity contribution in [3.8, 4) is 5.75 Å². The summed E-state index contributed by atoms with van der Waals surface area (Å²) in [6, 6.07) is 7.16. The number of piperazine rings is 1. The average molecular weight is 356 g/mol. The number of nitrogens with zero attached hydrogens (tertiary/aromatic N) is 3. The summed E-state index contributed by atoms with van der Waals surface area (Å²) in [5.41, 5.74) is 1.73. The Kier molecular flexibility index (Phi) is 5.88. The fraction of sp³-hybridized carbons (Fsp3) is 0.421. The lowest BCUT2D eigenvalue weighted by Gasteiger charge is -2.35. The van der Waals surface area contributed by atoms with E-state index in [1.807, 2.05) is 23.2 Å². The third kappa shape index (κ3) is 4.41. The van der Waals surface area contributed by atoms with E-state index < -0.39 is 0 Å². The molecule has 1 aromatic heterocycles. The number of ether oxygens (including phenoxy) is 1. The van der Waals surface area contributed by atoms with Gasteiger partial charge in [0.2, 0.25) is 5.91 Å². The lowest BCUT2D eigenvalue weighted by Crippen LogP contribution is -2.50. The summed E-state index contributed by atoms with van der Waals surface area (Å²) in [4.78, 5) is 28.6. The number of carbonyl (C=O) groups is 2. The van der Waals surface area contributed by atoms with Crippen LogP contribution in [0.1, 0.15) is 28.8 Å². The molecule has 138 valence electrons. The number of aromatic amines is 1. The van der Waals surface area contributed by atoms with Crippen molar-refractivity contribution < 1.29 is 14.3 Å². The van der Waals surface area contributed by atoms with Crippen LogP contribution in [0.25, 0.3) is 0 Å². The number of benzene rings is 1. The van der Waals surface area contributed by atoms with E-state index in [0.29, 0.717) is 43.9 Å². The molecule has 7 nitrogen and oxygen atoms in total. The van der Waals surface area contributed by atoms with E-state index in [9.17, 15) is 9.59 Å². The van der Waals surface area contributed by atoms with Crippen LogP contribution in [0.3, 0.4) is 0 Å². The molecule has 0 spiro atoms. The first-order valence-corrected chi connectivity index (χ1v) is 8.86. The molecule has 7 heteroatoms. The summed E-state index contributed by atoms with van der Waals surface area (Å²) < 4.78 is 5.18. The normalized spacial score (nSPS) is 14.3. The first-order chi connectivity index (χ1) is 12.7. The monoisotopic (exact) mass is 356 g/mol. The van der Waals surface area contributed by atoms with Gasteiger partial charge in [0, 0.05) is 44.4 Å². The van der Waals surface area contributed by atoms with Gasteiger partial charge in [0.15, 0.2) is 0 Å². The highest BCUT2D eigenvalue weighted by Gasteiger charge is 2.24. The molecule has 1 fully saturated rings. The Morgan fingerprint density at radius 3 is 2.65 bits per heavy atom. The predicted molar refractivity (Wildman–Crippen MR) is 97.0 cm³/mol. The molecule has 0 aliphatic carbocycles. The Labute approximate surface area is 152 Å². The van der Waals surface area contributed by atoms with Gasteiger partial charge in [-0.05, 0) is 36.6 Å². The van der Waals surface area contributed by atoms with Crippen LogP contribution in [0, 0.1) is 0 Å². The number of nitrogens with one attached hydrogen (secondary N) is 1. The average Bonchev–Trinajstić information content (AvgIpc) is 3.21. The van der Waals surface area contributed by atoms with Crippen LogP contribution in [0.4, 0.5) is 0 Å². The van der Waals surface area contributed by atoms with Gasteiger partial charge in [-0.3, -0.25) is 14.7 Å². The molecule has 2 aromatic rings. The van der Waals surface area contributed by atoms with Crippen LogP contribution in [0.5, 0.6) is 5.75 Å². The number of hydrogen-bond acceptors (Lipinski definition) is 4. The molecule has 0 radical (unpaired) electrons. The van der Waals surface area contributed by atoms with Gasteiger partial charge in [-0.15, -0.1) is 0 Å². The number of methoxy groups -OCH3 is 1. The number of hydrogen-bond donors (Lipinski definition) is 1. The molecule has 26 heavy (non-hydrogen) atoms. The topological polar surface area (TPSA) is 78.5 Å². The van der Waals surface area contributed by atoms with Gasteiger partial charge in [-0.2, -0.15) is 5.10 Å². The molecule has 1 aliphatic rings. The second-order valence-corrected chi connectivity index (χ2v) is 6.37. The van der Waals surface area contributed by atoms with Crippen molar-refractivity contribution in [2.75, 3.05) is 33.3 Å². The molecule has 0 bridgehead atoms. The maximum absolute atomic E-state index is 12.6. The zero-order valence-electron chi connectivity index (χ0n) is 15.0. The van der Waals surface area contributed by atoms with E-state index in [-0.39, 0.29) is 11.8 Å². The number of H-pyrrole nitrogens is 1. The van der Waals surface area contributed by atoms with Crippen LogP contribution < -0.4 is 4.74 Å². The molecule has 0 unspecified atom stereocenters. The summed E-state index contributed by atoms with van der Waals surface area (Å²) >= 11 is 0. The smallest absolute Gasteiger partial charge is 0.254 e. The van der Waals surface area contributed by atoms with Crippen molar-refractivity contribution in [3.63, 3.8) is 0 Å². The zero-order valence-corrected chi connectivity index (χ0v) is 15.0. The molecule has 0 saturated carbocycles. The van der Waals surface area contributed by atoms with E-state index in [2.05, 4.69) is 10.2 Å². The largest absolute Gasteiger partial charge is 0.497 e. The van der Waals surface area contributed by atoms with Gasteiger partial charge in [-0.25, -0.2) is 0 Å². The molecular weight excluding hydrogens is 332 g/mol. The second-order valence-electron chi connectivity index (χ2n) is 6.37. The first kappa shape index (κ1) is 18.0. The minimum absolute atomic E-state index is 0.0176. The highest BCUT2D eigenvalue weighted by Crippen LogP contribution is 2.16. The highest BCUT2D eigenvalue weighted by molar-refractivity contribution is 5.94. The van der Waals surface area contributed by atoms with Crippen LogP contribution in [-0.4, -0.2) is 65.1 Å². The lowest BCUT2D eigenvalue weighted by molar-refractivity contribution is -0.132. The van der Waals surface area contributed by atoms with Gasteiger partial charge in [-0.1, -0.05) is 6.07 Å². The summed E-state index contributed by atoms with van der Waals surface area (Å²) in [5, 5.41) is 6.68. The van der Waals surface area contributed by atoms with Crippen molar-refractivity contribution in [1.29, 1.82) is 0 Å². The zero-order chi connectivity index (χ0) is 18.4. The van der Waals surface area contributed by atoms with Crippen LogP contribution >= 0.6 is 0 Å². The maximum atomic E-state index is 12.6. The first-order valence-electron chi connectivity index (χ1n) is 8.86. The molecule has 1 aromatic carbocycles. The summed E-state index contributed by atoms with van der Waals surface area (Å²) in [6.45, 7) is 2.29. The highest BCUT2D eigenvalue weighted by atomic mass is 16.5. The van der Waals surface area contributed by atoms with E-state index >= 15 is 0 Å². The number of rotatable bonds is 6. The summed E-state index contributed by atoms with van der Waals surface area (Å²) in [5.74, 6) is 0.806. The predicted octanol–water partition coefficient (Wildman–Crippen LogP) is 1.73. The molecule has 1 aliphatic heterocycles. The fourth-order valence-corrected chi connectivity index (χ4v) is 3.11. The number of carbonyl (C=O) groups excluding carboxylic acids is 2. The van der Waals surface area contributed by atoms with E-state index in [1.165, 1.54) is 0 Å². The molecule has 2 heterocycles. The molecular formula is C19H24N4O3. The third-order valence-corrected chi connectivity index (χ3v) is 4.65. The summed E-state index contributed by atoms with van der Waals surface area (Å²) in [6.07, 6.45) is 5.81. The third-order valence-electron chi connectivity index (χ3n) is 4.65. The standard InChI is InChI=1S/C19H24N4O3/c1-26-17-6-3-5-16(12-17)19(25)23-10-8-22(9-11-23)18(24)7-2-4-15-13-20-21-14-15/h3,5-6,12-14H,2,4,7-11H2,1H3,(H,20,21). The van der Waals surface area contributed by atoms with E-state index in [1.54, 1.807) is 30.3 Å². The fourth-order valence-electron chi connectivity index (χ4n) is 3.11. The minimum atomic E-state index is -0.0176. The number of aromatic nitrogens is 2. The van der Waals surface area contributed by atoms with Crippen LogP contribution in [0.15, 0.2) is 36.7 Å². The molecule has 3 rings (SSSR count). The Bertz CT molecular complexity index is 737. The van der Waals surface area contributed by atoms with Crippen molar-refractivity contribution >= 4 is 11.8 Å². The molecule has 0 atom stereocenters. The van der Waals surface area contributed by atoms with Crippen molar-refractivity contribution in [2.24, 2.45) is 0 Å². The van der Waals surface area contributed by atoms with E-state index in [0.717, 1.165) is 18.4 Å². The Hall–Kier alpha value is -2.83. The minimum Gasteiger partial charge on any atom is -0.497 e. The molecule has 2 amide bonds. The van der Waals surface area contributed by atoms with Crippen molar-refractivity contribution in [2.45, 2.75) is 19.3 Å². The Balaban J connectivity index is 1.45. The van der Waals surface area contributed by atoms with E-state index in [4.69, 9.17) is 4.74 Å². The lowest BCUT2D eigenvalue weighted by atomic mass is 10.1. The van der Waals surface area contributed by atoms with Gasteiger partial charge in [0.1, 0.15) is 5.75 Å². The van der Waals surface area contributed by atoms with Gasteiger partial charge >= 0.3 is 0 Å². The van der Waals surface area contributed by atoms with Crippen molar-refractivity contribution in [3.05, 3.63) is 47.8 Å².